The van der Waals surface area contributed by atoms with Gasteiger partial charge >= 0.3 is 0 Å². The topological polar surface area (TPSA) is 87.3 Å². The molecule has 1 heterocycles. The molecule has 1 aromatic carbocycles. The number of hydrogen-bond acceptors (Lipinski definition) is 6. The van der Waals surface area contributed by atoms with E-state index in [-0.39, 0.29) is 18.6 Å². The van der Waals surface area contributed by atoms with Crippen LogP contribution in [-0.4, -0.2) is 46.2 Å². The van der Waals surface area contributed by atoms with Crippen LogP contribution >= 0.6 is 0 Å². The fourth-order valence-corrected chi connectivity index (χ4v) is 3.67. The first-order chi connectivity index (χ1) is 14.0. The Labute approximate surface area is 175 Å². The van der Waals surface area contributed by atoms with Crippen LogP contribution in [0.3, 0.4) is 0 Å². The zero-order valence-electron chi connectivity index (χ0n) is 18.4. The average molecular weight is 400 g/mol. The maximum Gasteiger partial charge on any atom is 0.222 e. The minimum Gasteiger partial charge on any atom is -0.396 e. The first-order valence-electron chi connectivity index (χ1n) is 10.7. The minimum atomic E-state index is 0.153. The molecule has 0 fully saturated rings. The summed E-state index contributed by atoms with van der Waals surface area (Å²) in [4.78, 5) is 11.2. The van der Waals surface area contributed by atoms with Crippen molar-refractivity contribution < 1.29 is 5.11 Å². The molecule has 6 nitrogen and oxygen atoms in total. The van der Waals surface area contributed by atoms with Gasteiger partial charge in [-0.05, 0) is 50.9 Å². The second kappa shape index (κ2) is 11.7. The molecular formula is C23H37N5O. The van der Waals surface area contributed by atoms with Crippen LogP contribution in [0.5, 0.6) is 0 Å². The number of nitrogen functional groups attached to an aromatic ring is 1. The van der Waals surface area contributed by atoms with Gasteiger partial charge in [0.05, 0.1) is 0 Å². The Morgan fingerprint density at radius 2 is 1.76 bits per heavy atom. The van der Waals surface area contributed by atoms with E-state index >= 15 is 0 Å². The molecule has 2 rings (SSSR count). The lowest BCUT2D eigenvalue weighted by Gasteiger charge is -2.21. The fourth-order valence-electron chi connectivity index (χ4n) is 3.67. The van der Waals surface area contributed by atoms with E-state index in [0.717, 1.165) is 55.8 Å². The molecule has 0 aliphatic heterocycles. The SMILES string of the molecule is CCC[C@@H](CCO)Nc1nc(N)nc(C)c1Cc1ccc(CN(C)CCC)cc1. The lowest BCUT2D eigenvalue weighted by molar-refractivity contribution is 0.276. The standard InChI is InChI=1S/C23H37N5O/c1-5-7-20(12-14-29)26-22-21(17(3)25-23(24)27-22)15-18-8-10-19(11-9-18)16-28(4)13-6-2/h8-11,20,29H,5-7,12-16H2,1-4H3,(H3,24,25,26,27)/t20-/m0/s1. The van der Waals surface area contributed by atoms with Crippen molar-refractivity contribution >= 4 is 11.8 Å². The maximum absolute atomic E-state index is 9.38. The van der Waals surface area contributed by atoms with Crippen LogP contribution in [0.4, 0.5) is 11.8 Å². The van der Waals surface area contributed by atoms with E-state index < -0.39 is 0 Å². The van der Waals surface area contributed by atoms with Gasteiger partial charge < -0.3 is 21.1 Å². The van der Waals surface area contributed by atoms with Crippen molar-refractivity contribution in [3.05, 3.63) is 46.6 Å². The summed E-state index contributed by atoms with van der Waals surface area (Å²) >= 11 is 0. The number of aliphatic hydroxyl groups excluding tert-OH is 1. The summed E-state index contributed by atoms with van der Waals surface area (Å²) < 4.78 is 0. The zero-order chi connectivity index (χ0) is 21.2. The number of nitrogens with two attached hydrogens (primary N) is 1. The van der Waals surface area contributed by atoms with Crippen molar-refractivity contribution in [2.75, 3.05) is 31.2 Å². The molecule has 0 aliphatic carbocycles. The number of nitrogens with zero attached hydrogens (tertiary/aromatic N) is 3. The summed E-state index contributed by atoms with van der Waals surface area (Å²) in [7, 11) is 2.16. The average Bonchev–Trinajstić information content (AvgIpc) is 2.66. The number of hydrogen-bond donors (Lipinski definition) is 3. The Kier molecular flexibility index (Phi) is 9.35. The second-order valence-electron chi connectivity index (χ2n) is 7.87. The third-order valence-electron chi connectivity index (χ3n) is 5.15. The van der Waals surface area contributed by atoms with Crippen molar-refractivity contribution in [1.82, 2.24) is 14.9 Å². The molecule has 0 unspecified atom stereocenters. The van der Waals surface area contributed by atoms with Crippen molar-refractivity contribution in [2.24, 2.45) is 0 Å². The molecule has 1 aromatic heterocycles. The summed E-state index contributed by atoms with van der Waals surface area (Å²) in [6, 6.07) is 8.95. The molecule has 0 amide bonds. The van der Waals surface area contributed by atoms with E-state index in [4.69, 9.17) is 5.73 Å². The van der Waals surface area contributed by atoms with E-state index in [9.17, 15) is 5.11 Å². The van der Waals surface area contributed by atoms with Gasteiger partial charge in [-0.15, -0.1) is 0 Å². The smallest absolute Gasteiger partial charge is 0.222 e. The monoisotopic (exact) mass is 399 g/mol. The van der Waals surface area contributed by atoms with Gasteiger partial charge in [-0.25, -0.2) is 4.98 Å². The quantitative estimate of drug-likeness (QED) is 0.504. The zero-order valence-corrected chi connectivity index (χ0v) is 18.4. The van der Waals surface area contributed by atoms with Crippen LogP contribution in [-0.2, 0) is 13.0 Å². The molecule has 0 saturated carbocycles. The van der Waals surface area contributed by atoms with Gasteiger partial charge in [0.1, 0.15) is 5.82 Å². The number of aromatic nitrogens is 2. The van der Waals surface area contributed by atoms with E-state index in [1.807, 2.05) is 6.92 Å². The molecule has 1 atom stereocenters. The summed E-state index contributed by atoms with van der Waals surface area (Å²) in [6.45, 7) is 8.55. The third-order valence-corrected chi connectivity index (χ3v) is 5.15. The number of aliphatic hydroxyl groups is 1. The Morgan fingerprint density at radius 3 is 2.38 bits per heavy atom. The predicted octanol–water partition coefficient (Wildman–Crippen LogP) is 3.76. The van der Waals surface area contributed by atoms with Crippen molar-refractivity contribution in [3.8, 4) is 0 Å². The number of aryl methyl sites for hydroxylation is 1. The van der Waals surface area contributed by atoms with Crippen LogP contribution < -0.4 is 11.1 Å². The molecule has 160 valence electrons. The first kappa shape index (κ1) is 23.1. The number of benzene rings is 1. The summed E-state index contributed by atoms with van der Waals surface area (Å²) in [5, 5.41) is 12.9. The molecule has 0 radical (unpaired) electrons. The molecule has 0 spiro atoms. The van der Waals surface area contributed by atoms with Crippen molar-refractivity contribution in [3.63, 3.8) is 0 Å². The van der Waals surface area contributed by atoms with Gasteiger partial charge in [0.25, 0.3) is 0 Å². The first-order valence-corrected chi connectivity index (χ1v) is 10.7. The Morgan fingerprint density at radius 1 is 1.07 bits per heavy atom. The van der Waals surface area contributed by atoms with Crippen LogP contribution in [0.2, 0.25) is 0 Å². The molecular weight excluding hydrogens is 362 g/mol. The van der Waals surface area contributed by atoms with Gasteiger partial charge in [-0.1, -0.05) is 44.5 Å². The van der Waals surface area contributed by atoms with E-state index in [2.05, 4.69) is 65.3 Å². The van der Waals surface area contributed by atoms with Crippen LogP contribution in [0.1, 0.15) is 61.9 Å². The Hall–Kier alpha value is -2.18. The van der Waals surface area contributed by atoms with E-state index in [1.165, 1.54) is 11.1 Å². The Balaban J connectivity index is 2.19. The highest BCUT2D eigenvalue weighted by atomic mass is 16.3. The number of nitrogens with one attached hydrogen (secondary N) is 1. The molecule has 2 aromatic rings. The predicted molar refractivity (Wildman–Crippen MR) is 121 cm³/mol. The molecule has 0 aliphatic rings. The molecule has 4 N–H and O–H groups in total. The van der Waals surface area contributed by atoms with Gasteiger partial charge in [0, 0.05) is 36.9 Å². The third kappa shape index (κ3) is 7.29. The second-order valence-corrected chi connectivity index (χ2v) is 7.87. The van der Waals surface area contributed by atoms with Crippen LogP contribution in [0.15, 0.2) is 24.3 Å². The normalized spacial score (nSPS) is 12.3. The lowest BCUT2D eigenvalue weighted by Crippen LogP contribution is -2.23. The molecule has 0 bridgehead atoms. The highest BCUT2D eigenvalue weighted by Crippen LogP contribution is 2.23. The molecule has 0 saturated heterocycles. The molecule has 6 heteroatoms. The van der Waals surface area contributed by atoms with Crippen LogP contribution in [0, 0.1) is 6.92 Å². The summed E-state index contributed by atoms with van der Waals surface area (Å²) in [6.07, 6.45) is 4.62. The van der Waals surface area contributed by atoms with Gasteiger partial charge in [0.2, 0.25) is 5.95 Å². The number of anilines is 2. The van der Waals surface area contributed by atoms with Gasteiger partial charge in [0.15, 0.2) is 0 Å². The lowest BCUT2D eigenvalue weighted by atomic mass is 10.0. The highest BCUT2D eigenvalue weighted by Gasteiger charge is 2.15. The number of rotatable bonds is 12. The van der Waals surface area contributed by atoms with Crippen molar-refractivity contribution in [2.45, 2.75) is 65.5 Å². The highest BCUT2D eigenvalue weighted by molar-refractivity contribution is 5.52. The Bertz CT molecular complexity index is 742. The van der Waals surface area contributed by atoms with Crippen molar-refractivity contribution in [1.29, 1.82) is 0 Å². The fraction of sp³-hybridized carbons (Fsp3) is 0.565. The maximum atomic E-state index is 9.38. The summed E-state index contributed by atoms with van der Waals surface area (Å²) in [5.74, 6) is 1.07. The summed E-state index contributed by atoms with van der Waals surface area (Å²) in [5.41, 5.74) is 10.4. The molecule has 29 heavy (non-hydrogen) atoms. The van der Waals surface area contributed by atoms with E-state index in [1.54, 1.807) is 0 Å². The minimum absolute atomic E-state index is 0.153. The largest absolute Gasteiger partial charge is 0.396 e. The van der Waals surface area contributed by atoms with Gasteiger partial charge in [-0.2, -0.15) is 4.98 Å². The van der Waals surface area contributed by atoms with Crippen LogP contribution in [0.25, 0.3) is 0 Å². The van der Waals surface area contributed by atoms with Gasteiger partial charge in [-0.3, -0.25) is 0 Å². The van der Waals surface area contributed by atoms with E-state index in [0.29, 0.717) is 6.42 Å².